The van der Waals surface area contributed by atoms with Gasteiger partial charge in [0, 0.05) is 18.7 Å². The fourth-order valence-corrected chi connectivity index (χ4v) is 3.06. The molecule has 2 saturated heterocycles. The number of amides is 1. The van der Waals surface area contributed by atoms with E-state index in [1.165, 1.54) is 0 Å². The van der Waals surface area contributed by atoms with Crippen molar-refractivity contribution in [3.05, 3.63) is 35.4 Å². The number of likely N-dealkylation sites (tertiary alicyclic amines) is 1. The highest BCUT2D eigenvalue weighted by molar-refractivity contribution is 5.94. The summed E-state index contributed by atoms with van der Waals surface area (Å²) < 4.78 is 5.85. The Hall–Kier alpha value is -1.35. The lowest BCUT2D eigenvalue weighted by Gasteiger charge is -2.23. The van der Waals surface area contributed by atoms with Gasteiger partial charge < -0.3 is 9.64 Å². The summed E-state index contributed by atoms with van der Waals surface area (Å²) in [6, 6.07) is 7.82. The minimum Gasteiger partial charge on any atom is -0.373 e. The fraction of sp³-hybridized carbons (Fsp3) is 0.533. The van der Waals surface area contributed by atoms with E-state index in [2.05, 4.69) is 0 Å². The van der Waals surface area contributed by atoms with Gasteiger partial charge in [-0.05, 0) is 38.3 Å². The van der Waals surface area contributed by atoms with Gasteiger partial charge in [0.15, 0.2) is 0 Å². The summed E-state index contributed by atoms with van der Waals surface area (Å²) in [5, 5.41) is 0. The largest absolute Gasteiger partial charge is 0.373 e. The summed E-state index contributed by atoms with van der Waals surface area (Å²) in [6.07, 6.45) is 3.22. The van der Waals surface area contributed by atoms with Gasteiger partial charge in [-0.3, -0.25) is 4.79 Å². The smallest absolute Gasteiger partial charge is 0.253 e. The lowest BCUT2D eigenvalue weighted by Crippen LogP contribution is -2.35. The van der Waals surface area contributed by atoms with Crippen LogP contribution in [-0.2, 0) is 4.74 Å². The number of aryl methyl sites for hydroxylation is 1. The van der Waals surface area contributed by atoms with Gasteiger partial charge in [0.2, 0.25) is 0 Å². The van der Waals surface area contributed by atoms with E-state index < -0.39 is 0 Å². The summed E-state index contributed by atoms with van der Waals surface area (Å²) >= 11 is 0. The zero-order valence-electron chi connectivity index (χ0n) is 10.8. The van der Waals surface area contributed by atoms with E-state index in [4.69, 9.17) is 4.74 Å². The van der Waals surface area contributed by atoms with Gasteiger partial charge in [0.1, 0.15) is 0 Å². The molecular weight excluding hydrogens is 226 g/mol. The Morgan fingerprint density at radius 2 is 2.28 bits per heavy atom. The van der Waals surface area contributed by atoms with Crippen LogP contribution >= 0.6 is 0 Å². The van der Waals surface area contributed by atoms with E-state index in [1.54, 1.807) is 0 Å². The molecule has 0 aliphatic carbocycles. The monoisotopic (exact) mass is 245 g/mol. The maximum Gasteiger partial charge on any atom is 0.253 e. The molecule has 1 amide bonds. The van der Waals surface area contributed by atoms with Crippen molar-refractivity contribution in [2.45, 2.75) is 31.8 Å². The summed E-state index contributed by atoms with van der Waals surface area (Å²) in [5.74, 6) is 0.145. The zero-order valence-corrected chi connectivity index (χ0v) is 10.8. The number of nitrogens with zero attached hydrogens (tertiary/aromatic N) is 1. The van der Waals surface area contributed by atoms with Crippen molar-refractivity contribution in [2.75, 3.05) is 19.7 Å². The number of benzene rings is 1. The fourth-order valence-electron chi connectivity index (χ4n) is 3.06. The molecule has 1 aromatic carbocycles. The van der Waals surface area contributed by atoms with E-state index in [-0.39, 0.29) is 11.5 Å². The second-order valence-electron chi connectivity index (χ2n) is 5.48. The standard InChI is InChI=1S/C15H19NO2/c1-12-4-2-5-13(10-12)14(17)16-8-7-15(11-16)6-3-9-18-15/h2,4-5,10H,3,6-9,11H2,1H3/t15-/m0/s1. The molecule has 2 fully saturated rings. The van der Waals surface area contributed by atoms with Crippen LogP contribution in [0.5, 0.6) is 0 Å². The van der Waals surface area contributed by atoms with E-state index in [0.29, 0.717) is 0 Å². The van der Waals surface area contributed by atoms with Crippen molar-refractivity contribution in [2.24, 2.45) is 0 Å². The van der Waals surface area contributed by atoms with E-state index in [1.807, 2.05) is 36.1 Å². The Morgan fingerprint density at radius 1 is 1.39 bits per heavy atom. The average molecular weight is 245 g/mol. The number of carbonyl (C=O) groups excluding carboxylic acids is 1. The molecule has 0 saturated carbocycles. The minimum absolute atomic E-state index is 0.0283. The molecular formula is C15H19NO2. The highest BCUT2D eigenvalue weighted by Crippen LogP contribution is 2.35. The molecule has 18 heavy (non-hydrogen) atoms. The topological polar surface area (TPSA) is 29.5 Å². The Morgan fingerprint density at radius 3 is 3.00 bits per heavy atom. The summed E-state index contributed by atoms with van der Waals surface area (Å²) in [5.41, 5.74) is 1.90. The molecule has 0 radical (unpaired) electrons. The molecule has 3 heteroatoms. The molecule has 2 aliphatic heterocycles. The van der Waals surface area contributed by atoms with Gasteiger partial charge in [0.05, 0.1) is 12.1 Å². The zero-order chi connectivity index (χ0) is 12.6. The molecule has 0 N–H and O–H groups in total. The molecule has 0 unspecified atom stereocenters. The molecule has 0 bridgehead atoms. The maximum atomic E-state index is 12.4. The first kappa shape index (κ1) is 11.7. The lowest BCUT2D eigenvalue weighted by atomic mass is 10.00. The first-order chi connectivity index (χ1) is 8.69. The summed E-state index contributed by atoms with van der Waals surface area (Å²) in [6.45, 7) is 4.46. The molecule has 3 rings (SSSR count). The third kappa shape index (κ3) is 2.03. The van der Waals surface area contributed by atoms with Crippen LogP contribution in [0.15, 0.2) is 24.3 Å². The quantitative estimate of drug-likeness (QED) is 0.760. The molecule has 1 spiro atoms. The predicted octanol–water partition coefficient (Wildman–Crippen LogP) is 2.39. The van der Waals surface area contributed by atoms with E-state index >= 15 is 0 Å². The minimum atomic E-state index is -0.0283. The van der Waals surface area contributed by atoms with Crippen molar-refractivity contribution in [1.82, 2.24) is 4.90 Å². The molecule has 1 atom stereocenters. The van der Waals surface area contributed by atoms with Gasteiger partial charge in [-0.15, -0.1) is 0 Å². The predicted molar refractivity (Wildman–Crippen MR) is 69.6 cm³/mol. The first-order valence-electron chi connectivity index (χ1n) is 6.69. The van der Waals surface area contributed by atoms with Crippen LogP contribution in [0, 0.1) is 6.92 Å². The average Bonchev–Trinajstić information content (AvgIpc) is 3.00. The second-order valence-corrected chi connectivity index (χ2v) is 5.48. The lowest BCUT2D eigenvalue weighted by molar-refractivity contribution is 0.0127. The van der Waals surface area contributed by atoms with Crippen molar-refractivity contribution >= 4 is 5.91 Å². The molecule has 1 aromatic rings. The second kappa shape index (κ2) is 4.39. The van der Waals surface area contributed by atoms with Gasteiger partial charge in [-0.25, -0.2) is 0 Å². The van der Waals surface area contributed by atoms with Gasteiger partial charge in [-0.2, -0.15) is 0 Å². The van der Waals surface area contributed by atoms with Crippen LogP contribution in [0.1, 0.15) is 35.2 Å². The van der Waals surface area contributed by atoms with Gasteiger partial charge in [-0.1, -0.05) is 17.7 Å². The van der Waals surface area contributed by atoms with Crippen LogP contribution in [0.25, 0.3) is 0 Å². The molecule has 96 valence electrons. The molecule has 3 nitrogen and oxygen atoms in total. The number of rotatable bonds is 1. The SMILES string of the molecule is Cc1cccc(C(=O)N2CC[C@@]3(CCCO3)C2)c1. The van der Waals surface area contributed by atoms with Crippen LogP contribution in [-0.4, -0.2) is 36.1 Å². The maximum absolute atomic E-state index is 12.4. The van der Waals surface area contributed by atoms with Crippen molar-refractivity contribution in [3.63, 3.8) is 0 Å². The van der Waals surface area contributed by atoms with Crippen LogP contribution in [0.4, 0.5) is 0 Å². The van der Waals surface area contributed by atoms with Crippen LogP contribution in [0.2, 0.25) is 0 Å². The Bertz CT molecular complexity index is 463. The van der Waals surface area contributed by atoms with Crippen LogP contribution < -0.4 is 0 Å². The highest BCUT2D eigenvalue weighted by atomic mass is 16.5. The Kier molecular flexibility index (Phi) is 2.86. The summed E-state index contributed by atoms with van der Waals surface area (Å²) in [7, 11) is 0. The molecule has 2 heterocycles. The third-order valence-corrected chi connectivity index (χ3v) is 4.05. The number of hydrogen-bond donors (Lipinski definition) is 0. The molecule has 0 aromatic heterocycles. The van der Waals surface area contributed by atoms with E-state index in [0.717, 1.165) is 50.1 Å². The number of hydrogen-bond acceptors (Lipinski definition) is 2. The first-order valence-corrected chi connectivity index (χ1v) is 6.69. The van der Waals surface area contributed by atoms with E-state index in [9.17, 15) is 4.79 Å². The molecule has 2 aliphatic rings. The Balaban J connectivity index is 1.74. The summed E-state index contributed by atoms with van der Waals surface area (Å²) in [4.78, 5) is 14.4. The number of carbonyl (C=O) groups is 1. The van der Waals surface area contributed by atoms with Crippen LogP contribution in [0.3, 0.4) is 0 Å². The normalized spacial score (nSPS) is 27.1. The third-order valence-electron chi connectivity index (χ3n) is 4.05. The van der Waals surface area contributed by atoms with Gasteiger partial charge >= 0.3 is 0 Å². The highest BCUT2D eigenvalue weighted by Gasteiger charge is 2.43. The van der Waals surface area contributed by atoms with Crippen molar-refractivity contribution in [3.8, 4) is 0 Å². The van der Waals surface area contributed by atoms with Gasteiger partial charge in [0.25, 0.3) is 5.91 Å². The van der Waals surface area contributed by atoms with Crippen molar-refractivity contribution in [1.29, 1.82) is 0 Å². The van der Waals surface area contributed by atoms with Crippen molar-refractivity contribution < 1.29 is 9.53 Å². The number of ether oxygens (including phenoxy) is 1. The Labute approximate surface area is 108 Å².